The molecular formula is C23H27NO6S. The maximum absolute atomic E-state index is 10.6. The minimum atomic E-state index is -1.43. The van der Waals surface area contributed by atoms with E-state index in [1.54, 1.807) is 16.3 Å². The molecule has 4 rings (SSSR count). The molecule has 1 aliphatic heterocycles. The molecule has 0 bridgehead atoms. The zero-order valence-electron chi connectivity index (χ0n) is 16.9. The van der Waals surface area contributed by atoms with Crippen molar-refractivity contribution in [1.29, 1.82) is 0 Å². The van der Waals surface area contributed by atoms with Crippen molar-refractivity contribution in [2.45, 2.75) is 53.3 Å². The molecule has 5 atom stereocenters. The fraction of sp³-hybridized carbons (Fsp3) is 0.391. The van der Waals surface area contributed by atoms with Crippen molar-refractivity contribution in [3.8, 4) is 0 Å². The Hall–Kier alpha value is -1.91. The van der Waals surface area contributed by atoms with Gasteiger partial charge in [0.15, 0.2) is 6.23 Å². The predicted molar refractivity (Wildman–Crippen MR) is 117 cm³/mol. The van der Waals surface area contributed by atoms with Crippen molar-refractivity contribution in [2.24, 2.45) is 0 Å². The second-order valence-electron chi connectivity index (χ2n) is 7.71. The molecule has 2 heterocycles. The monoisotopic (exact) mass is 445 g/mol. The van der Waals surface area contributed by atoms with Crippen LogP contribution in [-0.2, 0) is 11.2 Å². The number of fused-ring (bicyclic) bond motifs is 1. The first-order valence-corrected chi connectivity index (χ1v) is 11.1. The lowest BCUT2D eigenvalue weighted by Gasteiger charge is -2.40. The maximum Gasteiger partial charge on any atom is 0.163 e. The predicted octanol–water partition coefficient (Wildman–Crippen LogP) is 1.69. The van der Waals surface area contributed by atoms with Crippen molar-refractivity contribution in [2.75, 3.05) is 13.2 Å². The number of aryl methyl sites for hydroxylation is 1. The van der Waals surface area contributed by atoms with Crippen LogP contribution in [0.1, 0.15) is 18.2 Å². The molecular weight excluding hydrogens is 418 g/mol. The zero-order valence-corrected chi connectivity index (χ0v) is 17.7. The number of aliphatic hydroxyl groups is 5. The van der Waals surface area contributed by atoms with Crippen LogP contribution in [0.2, 0.25) is 0 Å². The summed E-state index contributed by atoms with van der Waals surface area (Å²) in [7, 11) is 0. The molecule has 166 valence electrons. The number of rotatable bonds is 7. The highest BCUT2D eigenvalue weighted by atomic mass is 32.2. The fourth-order valence-electron chi connectivity index (χ4n) is 3.91. The third kappa shape index (κ3) is 4.51. The molecule has 31 heavy (non-hydrogen) atoms. The Morgan fingerprint density at radius 2 is 1.65 bits per heavy atom. The number of para-hydroxylation sites is 1. The first-order chi connectivity index (χ1) is 15.0. The van der Waals surface area contributed by atoms with E-state index < -0.39 is 37.3 Å². The smallest absolute Gasteiger partial charge is 0.163 e. The Bertz CT molecular complexity index is 1000. The quantitative estimate of drug-likeness (QED) is 0.376. The lowest BCUT2D eigenvalue weighted by Crippen LogP contribution is -2.56. The Morgan fingerprint density at radius 3 is 2.35 bits per heavy atom. The van der Waals surface area contributed by atoms with Crippen LogP contribution in [-0.4, -0.2) is 67.7 Å². The third-order valence-corrected chi connectivity index (χ3v) is 6.67. The summed E-state index contributed by atoms with van der Waals surface area (Å²) in [4.78, 5) is 2.00. The van der Waals surface area contributed by atoms with Crippen molar-refractivity contribution in [3.05, 3.63) is 60.3 Å². The summed E-state index contributed by atoms with van der Waals surface area (Å²) in [6.45, 7) is -0.293. The van der Waals surface area contributed by atoms with Gasteiger partial charge >= 0.3 is 0 Å². The van der Waals surface area contributed by atoms with Crippen LogP contribution >= 0.6 is 11.8 Å². The molecule has 7 nitrogen and oxygen atoms in total. The van der Waals surface area contributed by atoms with E-state index in [1.165, 1.54) is 5.56 Å². The highest BCUT2D eigenvalue weighted by Crippen LogP contribution is 2.39. The number of hydrogen-bond donors (Lipinski definition) is 5. The lowest BCUT2D eigenvalue weighted by molar-refractivity contribution is -0.250. The second kappa shape index (κ2) is 9.70. The fourth-order valence-corrected chi connectivity index (χ4v) is 4.89. The zero-order chi connectivity index (χ0) is 22.0. The van der Waals surface area contributed by atoms with Gasteiger partial charge in [0, 0.05) is 28.0 Å². The van der Waals surface area contributed by atoms with Gasteiger partial charge in [0.1, 0.15) is 24.4 Å². The van der Waals surface area contributed by atoms with E-state index in [2.05, 4.69) is 12.1 Å². The Labute approximate surface area is 184 Å². The van der Waals surface area contributed by atoms with Crippen LogP contribution in [0, 0.1) is 0 Å². The molecule has 8 heteroatoms. The van der Waals surface area contributed by atoms with Crippen molar-refractivity contribution in [1.82, 2.24) is 4.57 Å². The summed E-state index contributed by atoms with van der Waals surface area (Å²) < 4.78 is 7.51. The van der Waals surface area contributed by atoms with Crippen molar-refractivity contribution < 1.29 is 30.3 Å². The Balaban J connectivity index is 1.65. The summed E-state index contributed by atoms with van der Waals surface area (Å²) in [5.74, 6) is 0. The minimum Gasteiger partial charge on any atom is -0.396 e. The van der Waals surface area contributed by atoms with Crippen LogP contribution in [0.15, 0.2) is 64.5 Å². The highest BCUT2D eigenvalue weighted by Gasteiger charge is 2.44. The molecule has 0 saturated carbocycles. The molecule has 0 radical (unpaired) electrons. The number of aliphatic hydroxyl groups excluding tert-OH is 5. The molecule has 1 aromatic heterocycles. The summed E-state index contributed by atoms with van der Waals surface area (Å²) in [6, 6.07) is 15.9. The van der Waals surface area contributed by atoms with E-state index in [1.807, 2.05) is 42.6 Å². The van der Waals surface area contributed by atoms with E-state index in [0.29, 0.717) is 0 Å². The summed E-state index contributed by atoms with van der Waals surface area (Å²) >= 11 is 1.57. The minimum absolute atomic E-state index is 0.175. The van der Waals surface area contributed by atoms with Crippen molar-refractivity contribution >= 4 is 22.7 Å². The molecule has 0 aliphatic carbocycles. The Morgan fingerprint density at radius 1 is 0.903 bits per heavy atom. The normalized spacial score (nSPS) is 26.4. The van der Waals surface area contributed by atoms with Gasteiger partial charge in [0.25, 0.3) is 0 Å². The average Bonchev–Trinajstić information content (AvgIpc) is 3.15. The highest BCUT2D eigenvalue weighted by molar-refractivity contribution is 7.99. The molecule has 0 spiro atoms. The molecule has 2 aromatic carbocycles. The number of hydrogen-bond acceptors (Lipinski definition) is 7. The summed E-state index contributed by atoms with van der Waals surface area (Å²) in [5, 5.41) is 50.3. The van der Waals surface area contributed by atoms with Gasteiger partial charge in [-0.2, -0.15) is 0 Å². The SMILES string of the molecule is OCCCc1ccc(Sc2cn([C@@H]3O[C@H](CO)[C@@H](O)[C@H](O)[C@H]3O)c3ccccc23)cc1. The van der Waals surface area contributed by atoms with E-state index in [-0.39, 0.29) is 6.61 Å². The van der Waals surface area contributed by atoms with Gasteiger partial charge < -0.3 is 34.8 Å². The van der Waals surface area contributed by atoms with Crippen LogP contribution in [0.3, 0.4) is 0 Å². The molecule has 5 N–H and O–H groups in total. The number of ether oxygens (including phenoxy) is 1. The lowest BCUT2D eigenvalue weighted by atomic mass is 9.98. The topological polar surface area (TPSA) is 115 Å². The molecule has 0 unspecified atom stereocenters. The van der Waals surface area contributed by atoms with Gasteiger partial charge in [-0.25, -0.2) is 0 Å². The first kappa shape index (κ1) is 22.3. The van der Waals surface area contributed by atoms with E-state index in [4.69, 9.17) is 9.84 Å². The van der Waals surface area contributed by atoms with Gasteiger partial charge in [0.2, 0.25) is 0 Å². The first-order valence-electron chi connectivity index (χ1n) is 10.3. The van der Waals surface area contributed by atoms with Crippen LogP contribution in [0.25, 0.3) is 10.9 Å². The summed E-state index contributed by atoms with van der Waals surface area (Å²) in [6.07, 6.45) is -2.66. The molecule has 1 saturated heterocycles. The van der Waals surface area contributed by atoms with Crippen LogP contribution in [0.5, 0.6) is 0 Å². The number of benzene rings is 2. The second-order valence-corrected chi connectivity index (χ2v) is 8.83. The maximum atomic E-state index is 10.6. The largest absolute Gasteiger partial charge is 0.396 e. The standard InChI is InChI=1S/C23H27NO6S/c25-11-3-4-14-7-9-15(10-8-14)31-19-12-24(17-6-2-1-5-16(17)19)23-22(29)21(28)20(27)18(13-26)30-23/h1-2,5-10,12,18,20-23,25-29H,3-4,11,13H2/t18-,20-,21+,22-,23-/m1/s1. The molecule has 3 aromatic rings. The van der Waals surface area contributed by atoms with Gasteiger partial charge in [-0.1, -0.05) is 42.1 Å². The van der Waals surface area contributed by atoms with Gasteiger partial charge in [-0.3, -0.25) is 0 Å². The molecule has 1 fully saturated rings. The van der Waals surface area contributed by atoms with Crippen LogP contribution < -0.4 is 0 Å². The van der Waals surface area contributed by atoms with E-state index >= 15 is 0 Å². The van der Waals surface area contributed by atoms with Gasteiger partial charge in [0.05, 0.1) is 12.1 Å². The molecule has 1 aliphatic rings. The number of aromatic nitrogens is 1. The van der Waals surface area contributed by atoms with E-state index in [9.17, 15) is 20.4 Å². The summed E-state index contributed by atoms with van der Waals surface area (Å²) in [5.41, 5.74) is 1.98. The number of nitrogens with zero attached hydrogens (tertiary/aromatic N) is 1. The molecule has 0 amide bonds. The average molecular weight is 446 g/mol. The van der Waals surface area contributed by atoms with Crippen molar-refractivity contribution in [3.63, 3.8) is 0 Å². The van der Waals surface area contributed by atoms with Gasteiger partial charge in [-0.05, 0) is 36.6 Å². The van der Waals surface area contributed by atoms with E-state index in [0.717, 1.165) is 33.5 Å². The van der Waals surface area contributed by atoms with Gasteiger partial charge in [-0.15, -0.1) is 0 Å². The Kier molecular flexibility index (Phi) is 6.98. The van der Waals surface area contributed by atoms with Crippen LogP contribution in [0.4, 0.5) is 0 Å². The third-order valence-electron chi connectivity index (χ3n) is 5.62.